The Hall–Kier alpha value is -2.85. The van der Waals surface area contributed by atoms with Gasteiger partial charge in [0.15, 0.2) is 0 Å². The van der Waals surface area contributed by atoms with Crippen molar-refractivity contribution < 1.29 is 27.4 Å². The predicted molar refractivity (Wildman–Crippen MR) is 110 cm³/mol. The molecule has 0 saturated heterocycles. The predicted octanol–water partition coefficient (Wildman–Crippen LogP) is 4.47. The van der Waals surface area contributed by atoms with Crippen LogP contribution < -0.4 is 10.1 Å². The van der Waals surface area contributed by atoms with E-state index in [-0.39, 0.29) is 25.7 Å². The number of rotatable bonds is 8. The normalized spacial score (nSPS) is 14.9. The molecule has 2 aromatic rings. The lowest BCUT2D eigenvalue weighted by Gasteiger charge is -2.23. The van der Waals surface area contributed by atoms with E-state index in [0.717, 1.165) is 24.3 Å². The van der Waals surface area contributed by atoms with Crippen molar-refractivity contribution >= 4 is 6.09 Å². The van der Waals surface area contributed by atoms with Crippen molar-refractivity contribution in [2.24, 2.45) is 7.05 Å². The van der Waals surface area contributed by atoms with Crippen molar-refractivity contribution in [3.8, 4) is 17.1 Å². The third-order valence-electron chi connectivity index (χ3n) is 5.31. The molecule has 1 N–H and O–H groups in total. The van der Waals surface area contributed by atoms with Crippen LogP contribution in [0.1, 0.15) is 56.3 Å². The zero-order valence-corrected chi connectivity index (χ0v) is 18.2. The van der Waals surface area contributed by atoms with E-state index in [2.05, 4.69) is 20.6 Å². The van der Waals surface area contributed by atoms with E-state index in [1.54, 1.807) is 13.1 Å². The number of pyridine rings is 1. The van der Waals surface area contributed by atoms with Gasteiger partial charge in [-0.25, -0.2) is 14.5 Å². The van der Waals surface area contributed by atoms with Crippen LogP contribution in [-0.4, -0.2) is 45.0 Å². The highest BCUT2D eigenvalue weighted by Gasteiger charge is 2.26. The highest BCUT2D eigenvalue weighted by molar-refractivity contribution is 5.67. The SMILES string of the molecule is Cc1nc(-c2nnn(C)c2CNC(=O)OCCCC(F)(F)F)ccc1OC1CCCCC1. The summed E-state index contributed by atoms with van der Waals surface area (Å²) < 4.78 is 48.9. The van der Waals surface area contributed by atoms with Crippen LogP contribution in [0.4, 0.5) is 18.0 Å². The molecule has 32 heavy (non-hydrogen) atoms. The third-order valence-corrected chi connectivity index (χ3v) is 5.31. The zero-order valence-electron chi connectivity index (χ0n) is 18.2. The van der Waals surface area contributed by atoms with E-state index >= 15 is 0 Å². The van der Waals surface area contributed by atoms with Crippen molar-refractivity contribution in [1.29, 1.82) is 0 Å². The molecule has 0 bridgehead atoms. The Kier molecular flexibility index (Phi) is 7.92. The van der Waals surface area contributed by atoms with E-state index in [0.29, 0.717) is 17.1 Å². The second-order valence-electron chi connectivity index (χ2n) is 7.87. The summed E-state index contributed by atoms with van der Waals surface area (Å²) in [6.45, 7) is 1.59. The van der Waals surface area contributed by atoms with Crippen LogP contribution in [0.25, 0.3) is 11.4 Å². The number of ether oxygens (including phenoxy) is 2. The molecule has 0 unspecified atom stereocenters. The van der Waals surface area contributed by atoms with Crippen molar-refractivity contribution in [2.75, 3.05) is 6.61 Å². The first kappa shape index (κ1) is 23.8. The molecule has 1 aliphatic rings. The fraction of sp³-hybridized carbons (Fsp3) is 0.619. The fourth-order valence-corrected chi connectivity index (χ4v) is 3.59. The number of aromatic nitrogens is 4. The zero-order chi connectivity index (χ0) is 23.1. The largest absolute Gasteiger partial charge is 0.489 e. The summed E-state index contributed by atoms with van der Waals surface area (Å²) in [7, 11) is 1.68. The number of alkyl halides is 3. The minimum Gasteiger partial charge on any atom is -0.489 e. The van der Waals surface area contributed by atoms with Crippen LogP contribution in [-0.2, 0) is 18.3 Å². The maximum atomic E-state index is 12.1. The van der Waals surface area contributed by atoms with Crippen LogP contribution in [0.2, 0.25) is 0 Å². The molecule has 11 heteroatoms. The molecule has 1 saturated carbocycles. The van der Waals surface area contributed by atoms with Crippen molar-refractivity contribution in [1.82, 2.24) is 25.3 Å². The number of alkyl carbamates (subject to hydrolysis) is 1. The van der Waals surface area contributed by atoms with Gasteiger partial charge in [-0.1, -0.05) is 11.6 Å². The van der Waals surface area contributed by atoms with Crippen molar-refractivity contribution in [3.63, 3.8) is 0 Å². The summed E-state index contributed by atoms with van der Waals surface area (Å²) >= 11 is 0. The Morgan fingerprint density at radius 3 is 2.69 bits per heavy atom. The van der Waals surface area contributed by atoms with E-state index in [4.69, 9.17) is 9.47 Å². The number of amides is 1. The standard InChI is InChI=1S/C21H28F3N5O3/c1-14-18(32-15-7-4-3-5-8-15)10-9-16(26-14)19-17(29(2)28-27-19)13-25-20(30)31-12-6-11-21(22,23)24/h9-10,15H,3-8,11-13H2,1-2H3,(H,25,30). The molecular weight excluding hydrogens is 427 g/mol. The molecule has 3 rings (SSSR count). The summed E-state index contributed by atoms with van der Waals surface area (Å²) in [6.07, 6.45) is -0.437. The van der Waals surface area contributed by atoms with Gasteiger partial charge in [0.25, 0.3) is 0 Å². The first-order chi connectivity index (χ1) is 15.2. The van der Waals surface area contributed by atoms with Crippen LogP contribution in [0.3, 0.4) is 0 Å². The van der Waals surface area contributed by atoms with Gasteiger partial charge in [-0.2, -0.15) is 13.2 Å². The molecule has 8 nitrogen and oxygen atoms in total. The van der Waals surface area contributed by atoms with Gasteiger partial charge in [-0.15, -0.1) is 5.10 Å². The molecular formula is C21H28F3N5O3. The molecule has 1 fully saturated rings. The van der Waals surface area contributed by atoms with E-state index in [1.807, 2.05) is 13.0 Å². The molecule has 1 aliphatic carbocycles. The maximum Gasteiger partial charge on any atom is 0.407 e. The van der Waals surface area contributed by atoms with Crippen LogP contribution in [0.15, 0.2) is 12.1 Å². The van der Waals surface area contributed by atoms with Crippen LogP contribution in [0, 0.1) is 6.92 Å². The molecule has 176 valence electrons. The Bertz CT molecular complexity index is 911. The number of nitrogens with zero attached hydrogens (tertiary/aromatic N) is 4. The minimum absolute atomic E-state index is 0.0397. The van der Waals surface area contributed by atoms with Gasteiger partial charge in [0, 0.05) is 13.5 Å². The Balaban J connectivity index is 1.58. The molecule has 2 aromatic heterocycles. The maximum absolute atomic E-state index is 12.1. The summed E-state index contributed by atoms with van der Waals surface area (Å²) in [5.41, 5.74) is 2.41. The highest BCUT2D eigenvalue weighted by atomic mass is 19.4. The number of nitrogens with one attached hydrogen (secondary N) is 1. The van der Waals surface area contributed by atoms with Gasteiger partial charge in [-0.05, 0) is 51.2 Å². The van der Waals surface area contributed by atoms with Crippen molar-refractivity contribution in [2.45, 2.75) is 70.7 Å². The van der Waals surface area contributed by atoms with Crippen molar-refractivity contribution in [3.05, 3.63) is 23.5 Å². The second-order valence-corrected chi connectivity index (χ2v) is 7.87. The number of aryl methyl sites for hydroxylation is 2. The van der Waals surface area contributed by atoms with Gasteiger partial charge in [0.2, 0.25) is 0 Å². The molecule has 0 aliphatic heterocycles. The topological polar surface area (TPSA) is 91.2 Å². The average molecular weight is 455 g/mol. The van der Waals surface area contributed by atoms with Gasteiger partial charge in [-0.3, -0.25) is 0 Å². The first-order valence-corrected chi connectivity index (χ1v) is 10.7. The summed E-state index contributed by atoms with van der Waals surface area (Å²) in [5, 5.41) is 10.7. The van der Waals surface area contributed by atoms with Gasteiger partial charge in [0.05, 0.1) is 36.3 Å². The average Bonchev–Trinajstić information content (AvgIpc) is 3.11. The van der Waals surface area contributed by atoms with E-state index < -0.39 is 18.7 Å². The lowest BCUT2D eigenvalue weighted by molar-refractivity contribution is -0.137. The molecule has 0 aromatic carbocycles. The number of hydrogen-bond acceptors (Lipinski definition) is 6. The summed E-state index contributed by atoms with van der Waals surface area (Å²) in [4.78, 5) is 16.4. The second kappa shape index (κ2) is 10.6. The monoisotopic (exact) mass is 455 g/mol. The minimum atomic E-state index is -4.27. The lowest BCUT2D eigenvalue weighted by Crippen LogP contribution is -2.26. The molecule has 0 radical (unpaired) electrons. The number of halogens is 3. The number of carbonyl (C=O) groups excluding carboxylic acids is 1. The summed E-state index contributed by atoms with van der Waals surface area (Å²) in [5.74, 6) is 0.742. The smallest absolute Gasteiger partial charge is 0.407 e. The highest BCUT2D eigenvalue weighted by Crippen LogP contribution is 2.28. The Labute approximate surface area is 184 Å². The number of carbonyl (C=O) groups is 1. The Morgan fingerprint density at radius 2 is 2.00 bits per heavy atom. The fourth-order valence-electron chi connectivity index (χ4n) is 3.59. The molecule has 2 heterocycles. The Morgan fingerprint density at radius 1 is 1.25 bits per heavy atom. The van der Waals surface area contributed by atoms with Gasteiger partial charge < -0.3 is 14.8 Å². The molecule has 0 atom stereocenters. The first-order valence-electron chi connectivity index (χ1n) is 10.7. The van der Waals surface area contributed by atoms with Gasteiger partial charge in [0.1, 0.15) is 11.4 Å². The van der Waals surface area contributed by atoms with Gasteiger partial charge >= 0.3 is 12.3 Å². The van der Waals surface area contributed by atoms with E-state index in [9.17, 15) is 18.0 Å². The van der Waals surface area contributed by atoms with E-state index in [1.165, 1.54) is 23.9 Å². The third kappa shape index (κ3) is 6.83. The molecule has 1 amide bonds. The summed E-state index contributed by atoms with van der Waals surface area (Å²) in [6, 6.07) is 3.67. The molecule has 0 spiro atoms. The quantitative estimate of drug-likeness (QED) is 0.591. The lowest BCUT2D eigenvalue weighted by atomic mass is 9.98. The number of hydrogen-bond donors (Lipinski definition) is 1. The van der Waals surface area contributed by atoms with Crippen LogP contribution in [0.5, 0.6) is 5.75 Å². The van der Waals surface area contributed by atoms with Crippen LogP contribution >= 0.6 is 0 Å².